The fraction of sp³-hybridized carbons (Fsp3) is 0.368. The van der Waals surface area contributed by atoms with Crippen molar-refractivity contribution in [1.29, 1.82) is 0 Å². The van der Waals surface area contributed by atoms with Crippen LogP contribution in [0.25, 0.3) is 0 Å². The van der Waals surface area contributed by atoms with E-state index in [2.05, 4.69) is 10.3 Å². The predicted molar refractivity (Wildman–Crippen MR) is 111 cm³/mol. The van der Waals surface area contributed by atoms with Gasteiger partial charge in [-0.1, -0.05) is 23.7 Å². The van der Waals surface area contributed by atoms with Crippen LogP contribution < -0.4 is 9.62 Å². The molecule has 1 N–H and O–H groups in total. The standard InChI is InChI=1S/C19H23ClN4O3S/c1-13(22-18-17(20)11-15(12-21-18)19(25)23(2)3)14-6-4-7-16(10-14)24-8-5-9-28(24,26)27/h4,6-7,10-13H,5,8-9H2,1-3H3,(H,21,22). The van der Waals surface area contributed by atoms with Gasteiger partial charge in [-0.25, -0.2) is 13.4 Å². The van der Waals surface area contributed by atoms with E-state index in [1.54, 1.807) is 26.2 Å². The summed E-state index contributed by atoms with van der Waals surface area (Å²) in [5, 5.41) is 3.57. The third-order valence-corrected chi connectivity index (χ3v) is 6.76. The maximum Gasteiger partial charge on any atom is 0.254 e. The molecule has 0 saturated carbocycles. The highest BCUT2D eigenvalue weighted by molar-refractivity contribution is 7.93. The number of carbonyl (C=O) groups excluding carboxylic acids is 1. The molecule has 0 bridgehead atoms. The van der Waals surface area contributed by atoms with E-state index < -0.39 is 10.0 Å². The lowest BCUT2D eigenvalue weighted by atomic mass is 10.1. The first-order valence-corrected chi connectivity index (χ1v) is 10.9. The lowest BCUT2D eigenvalue weighted by Crippen LogP contribution is -2.25. The van der Waals surface area contributed by atoms with Gasteiger partial charge in [0.1, 0.15) is 5.82 Å². The molecule has 2 aromatic rings. The van der Waals surface area contributed by atoms with Crippen molar-refractivity contribution in [2.24, 2.45) is 0 Å². The van der Waals surface area contributed by atoms with Crippen molar-refractivity contribution in [2.75, 3.05) is 36.0 Å². The van der Waals surface area contributed by atoms with E-state index >= 15 is 0 Å². The molecule has 1 aromatic carbocycles. The van der Waals surface area contributed by atoms with Gasteiger partial charge in [-0.15, -0.1) is 0 Å². The van der Waals surface area contributed by atoms with Crippen molar-refractivity contribution in [3.05, 3.63) is 52.7 Å². The summed E-state index contributed by atoms with van der Waals surface area (Å²) >= 11 is 6.30. The number of aromatic nitrogens is 1. The largest absolute Gasteiger partial charge is 0.362 e. The van der Waals surface area contributed by atoms with Crippen molar-refractivity contribution in [2.45, 2.75) is 19.4 Å². The number of nitrogens with zero attached hydrogens (tertiary/aromatic N) is 3. The highest BCUT2D eigenvalue weighted by Gasteiger charge is 2.28. The topological polar surface area (TPSA) is 82.6 Å². The first kappa shape index (κ1) is 20.4. The van der Waals surface area contributed by atoms with Crippen molar-refractivity contribution >= 4 is 39.0 Å². The van der Waals surface area contributed by atoms with Crippen LogP contribution in [0.4, 0.5) is 11.5 Å². The minimum atomic E-state index is -3.22. The Morgan fingerprint density at radius 3 is 2.68 bits per heavy atom. The van der Waals surface area contributed by atoms with Crippen molar-refractivity contribution in [3.63, 3.8) is 0 Å². The number of sulfonamides is 1. The molecule has 7 nitrogen and oxygen atoms in total. The molecule has 0 aliphatic carbocycles. The SMILES string of the molecule is CC(Nc1ncc(C(=O)N(C)C)cc1Cl)c1cccc(N2CCCS2(=O)=O)c1. The first-order chi connectivity index (χ1) is 13.2. The van der Waals surface area contributed by atoms with E-state index in [9.17, 15) is 13.2 Å². The number of halogens is 1. The van der Waals surface area contributed by atoms with Crippen LogP contribution in [0, 0.1) is 0 Å². The molecule has 1 fully saturated rings. The number of pyridine rings is 1. The average molecular weight is 423 g/mol. The maximum atomic E-state index is 12.2. The van der Waals surface area contributed by atoms with Crippen LogP contribution in [0.5, 0.6) is 0 Å². The van der Waals surface area contributed by atoms with Gasteiger partial charge in [0.25, 0.3) is 5.91 Å². The summed E-state index contributed by atoms with van der Waals surface area (Å²) in [5.41, 5.74) is 1.98. The lowest BCUT2D eigenvalue weighted by molar-refractivity contribution is 0.0827. The summed E-state index contributed by atoms with van der Waals surface area (Å²) in [6.07, 6.45) is 2.12. The molecule has 9 heteroatoms. The van der Waals surface area contributed by atoms with Crippen LogP contribution in [-0.2, 0) is 10.0 Å². The van der Waals surface area contributed by atoms with Crippen LogP contribution in [0.3, 0.4) is 0 Å². The molecule has 2 heterocycles. The Bertz CT molecular complexity index is 994. The second kappa shape index (κ2) is 7.97. The molecule has 1 amide bonds. The normalized spacial score (nSPS) is 16.6. The van der Waals surface area contributed by atoms with Gasteiger partial charge in [-0.05, 0) is 37.1 Å². The molecule has 1 aromatic heterocycles. The third-order valence-electron chi connectivity index (χ3n) is 4.61. The zero-order valence-electron chi connectivity index (χ0n) is 16.0. The minimum Gasteiger partial charge on any atom is -0.362 e. The lowest BCUT2D eigenvalue weighted by Gasteiger charge is -2.21. The summed E-state index contributed by atoms with van der Waals surface area (Å²) in [7, 11) is 0.105. The minimum absolute atomic E-state index is 0.161. The zero-order valence-corrected chi connectivity index (χ0v) is 17.6. The Kier molecular flexibility index (Phi) is 5.81. The van der Waals surface area contributed by atoms with E-state index in [0.717, 1.165) is 5.56 Å². The van der Waals surface area contributed by atoms with E-state index in [-0.39, 0.29) is 17.7 Å². The van der Waals surface area contributed by atoms with Crippen molar-refractivity contribution in [3.8, 4) is 0 Å². The van der Waals surface area contributed by atoms with Gasteiger partial charge in [-0.3, -0.25) is 9.10 Å². The third kappa shape index (κ3) is 4.23. The molecule has 28 heavy (non-hydrogen) atoms. The summed E-state index contributed by atoms with van der Waals surface area (Å²) in [5.74, 6) is 0.472. The summed E-state index contributed by atoms with van der Waals surface area (Å²) in [6.45, 7) is 2.44. The highest BCUT2D eigenvalue weighted by atomic mass is 35.5. The second-order valence-corrected chi connectivity index (χ2v) is 9.38. The molecule has 1 atom stereocenters. The molecule has 0 spiro atoms. The van der Waals surface area contributed by atoms with E-state index in [1.165, 1.54) is 15.4 Å². The Labute approximate surface area is 170 Å². The van der Waals surface area contributed by atoms with Crippen LogP contribution >= 0.6 is 11.6 Å². The quantitative estimate of drug-likeness (QED) is 0.800. The van der Waals surface area contributed by atoms with Crippen molar-refractivity contribution in [1.82, 2.24) is 9.88 Å². The molecular formula is C19H23ClN4O3S. The van der Waals surface area contributed by atoms with Gasteiger partial charge in [0.2, 0.25) is 10.0 Å². The Morgan fingerprint density at radius 1 is 1.32 bits per heavy atom. The van der Waals surface area contributed by atoms with E-state index in [1.807, 2.05) is 25.1 Å². The summed E-state index contributed by atoms with van der Waals surface area (Å²) in [4.78, 5) is 17.8. The molecule has 0 radical (unpaired) electrons. The number of rotatable bonds is 5. The molecule has 150 valence electrons. The second-order valence-electron chi connectivity index (χ2n) is 6.96. The molecule has 1 aliphatic heterocycles. The zero-order chi connectivity index (χ0) is 20.5. The number of benzene rings is 1. The van der Waals surface area contributed by atoms with Gasteiger partial charge in [0.05, 0.1) is 28.1 Å². The number of carbonyl (C=O) groups is 1. The fourth-order valence-corrected chi connectivity index (χ4v) is 4.86. The van der Waals surface area contributed by atoms with Crippen LogP contribution in [0.1, 0.15) is 35.3 Å². The molecule has 3 rings (SSSR count). The monoisotopic (exact) mass is 422 g/mol. The summed E-state index contributed by atoms with van der Waals surface area (Å²) in [6, 6.07) is 8.83. The maximum absolute atomic E-state index is 12.2. The number of hydrogen-bond donors (Lipinski definition) is 1. The predicted octanol–water partition coefficient (Wildman–Crippen LogP) is 3.15. The van der Waals surface area contributed by atoms with E-state index in [0.29, 0.717) is 35.1 Å². The number of anilines is 2. The smallest absolute Gasteiger partial charge is 0.254 e. The molecule has 1 unspecified atom stereocenters. The number of hydrogen-bond acceptors (Lipinski definition) is 5. The van der Waals surface area contributed by atoms with Crippen LogP contribution in [0.15, 0.2) is 36.5 Å². The van der Waals surface area contributed by atoms with E-state index in [4.69, 9.17) is 11.6 Å². The molecule has 1 saturated heterocycles. The van der Waals surface area contributed by atoms with Gasteiger partial charge < -0.3 is 10.2 Å². The van der Waals surface area contributed by atoms with Crippen molar-refractivity contribution < 1.29 is 13.2 Å². The molecule has 1 aliphatic rings. The molecular weight excluding hydrogens is 400 g/mol. The number of amides is 1. The highest BCUT2D eigenvalue weighted by Crippen LogP contribution is 2.29. The first-order valence-electron chi connectivity index (χ1n) is 8.93. The van der Waals surface area contributed by atoms with Gasteiger partial charge in [-0.2, -0.15) is 0 Å². The summed E-state index contributed by atoms with van der Waals surface area (Å²) < 4.78 is 25.8. The van der Waals surface area contributed by atoms with Gasteiger partial charge >= 0.3 is 0 Å². The van der Waals surface area contributed by atoms with Crippen LogP contribution in [0.2, 0.25) is 5.02 Å². The van der Waals surface area contributed by atoms with Crippen LogP contribution in [-0.4, -0.2) is 50.6 Å². The Morgan fingerprint density at radius 2 is 2.07 bits per heavy atom. The fourth-order valence-electron chi connectivity index (χ4n) is 3.09. The van der Waals surface area contributed by atoms with Gasteiger partial charge in [0, 0.05) is 26.8 Å². The Balaban J connectivity index is 1.79. The average Bonchev–Trinajstić information content (AvgIpc) is 3.01. The number of nitrogens with one attached hydrogen (secondary N) is 1. The van der Waals surface area contributed by atoms with Gasteiger partial charge in [0.15, 0.2) is 0 Å². The Hall–Kier alpha value is -2.32.